The van der Waals surface area contributed by atoms with Gasteiger partial charge in [-0.05, 0) is 13.8 Å². The van der Waals surface area contributed by atoms with Crippen molar-refractivity contribution in [3.05, 3.63) is 12.2 Å². The summed E-state index contributed by atoms with van der Waals surface area (Å²) in [6.45, 7) is 5.63. The Hall–Kier alpha value is -0.980. The Balaban J connectivity index is 1.73. The fourth-order valence-electron chi connectivity index (χ4n) is 1.32. The van der Waals surface area contributed by atoms with Gasteiger partial charge in [0.05, 0.1) is 25.8 Å². The van der Waals surface area contributed by atoms with Crippen LogP contribution in [0.25, 0.3) is 0 Å². The van der Waals surface area contributed by atoms with Crippen LogP contribution in [0.2, 0.25) is 0 Å². The van der Waals surface area contributed by atoms with Gasteiger partial charge in [-0.1, -0.05) is 5.16 Å². The van der Waals surface area contributed by atoms with Crippen LogP contribution >= 0.6 is 0 Å². The molecular weight excluding hydrogens is 198 g/mol. The highest BCUT2D eigenvalue weighted by Gasteiger charge is 2.27. The first-order valence-corrected chi connectivity index (χ1v) is 4.92. The van der Waals surface area contributed by atoms with E-state index in [1.807, 2.05) is 13.8 Å². The molecule has 0 aliphatic carbocycles. The van der Waals surface area contributed by atoms with Crippen molar-refractivity contribution in [1.82, 2.24) is 15.5 Å². The minimum Gasteiger partial charge on any atom is -0.349 e. The zero-order valence-electron chi connectivity index (χ0n) is 8.90. The number of nitrogens with one attached hydrogen (secondary N) is 1. The Morgan fingerprint density at radius 1 is 1.47 bits per heavy atom. The first kappa shape index (κ1) is 10.5. The van der Waals surface area contributed by atoms with Crippen molar-refractivity contribution in [3.63, 3.8) is 0 Å². The minimum absolute atomic E-state index is 0.177. The standard InChI is InChI=1S/C9H15N3O3/c1-9(2)13-4-7(5-14-9)10-3-8-11-6-15-12-8/h6-7,10H,3-5H2,1-2H3. The van der Waals surface area contributed by atoms with Gasteiger partial charge in [0.25, 0.3) is 0 Å². The number of ether oxygens (including phenoxy) is 2. The fraction of sp³-hybridized carbons (Fsp3) is 0.778. The maximum Gasteiger partial charge on any atom is 0.213 e. The molecule has 1 N–H and O–H groups in total. The van der Waals surface area contributed by atoms with Gasteiger partial charge in [0, 0.05) is 0 Å². The van der Waals surface area contributed by atoms with Crippen molar-refractivity contribution in [2.45, 2.75) is 32.2 Å². The van der Waals surface area contributed by atoms with Crippen LogP contribution in [0.5, 0.6) is 0 Å². The molecule has 0 radical (unpaired) electrons. The molecule has 1 fully saturated rings. The molecule has 0 unspecified atom stereocenters. The van der Waals surface area contributed by atoms with Crippen molar-refractivity contribution in [1.29, 1.82) is 0 Å². The van der Waals surface area contributed by atoms with E-state index < -0.39 is 5.79 Å². The molecule has 84 valence electrons. The van der Waals surface area contributed by atoms with Crippen LogP contribution in [0.4, 0.5) is 0 Å². The zero-order chi connectivity index (χ0) is 10.7. The van der Waals surface area contributed by atoms with Gasteiger partial charge in [-0.3, -0.25) is 0 Å². The third kappa shape index (κ3) is 2.98. The van der Waals surface area contributed by atoms with Gasteiger partial charge in [0.1, 0.15) is 0 Å². The predicted octanol–water partition coefficient (Wildman–Crippen LogP) is 0.311. The second kappa shape index (κ2) is 4.26. The summed E-state index contributed by atoms with van der Waals surface area (Å²) in [5, 5.41) is 6.93. The van der Waals surface area contributed by atoms with E-state index in [0.717, 1.165) is 0 Å². The van der Waals surface area contributed by atoms with E-state index in [4.69, 9.17) is 9.47 Å². The molecule has 1 aliphatic heterocycles. The van der Waals surface area contributed by atoms with Crippen molar-refractivity contribution in [3.8, 4) is 0 Å². The lowest BCUT2D eigenvalue weighted by atomic mass is 10.2. The molecular formula is C9H15N3O3. The van der Waals surface area contributed by atoms with E-state index in [-0.39, 0.29) is 6.04 Å². The van der Waals surface area contributed by atoms with Gasteiger partial charge in [-0.25, -0.2) is 0 Å². The van der Waals surface area contributed by atoms with Gasteiger partial charge in [-0.2, -0.15) is 4.98 Å². The Labute approximate surface area is 87.9 Å². The topological polar surface area (TPSA) is 69.4 Å². The zero-order valence-corrected chi connectivity index (χ0v) is 8.90. The normalized spacial score (nSPS) is 21.7. The van der Waals surface area contributed by atoms with Crippen molar-refractivity contribution in [2.24, 2.45) is 0 Å². The highest BCUT2D eigenvalue weighted by molar-refractivity contribution is 4.80. The summed E-state index contributed by atoms with van der Waals surface area (Å²) in [6.07, 6.45) is 1.31. The molecule has 1 saturated heterocycles. The molecule has 1 aromatic heterocycles. The molecule has 0 saturated carbocycles. The van der Waals surface area contributed by atoms with E-state index in [1.165, 1.54) is 6.39 Å². The molecule has 6 heteroatoms. The van der Waals surface area contributed by atoms with Crippen molar-refractivity contribution >= 4 is 0 Å². The van der Waals surface area contributed by atoms with E-state index in [2.05, 4.69) is 20.0 Å². The Bertz CT molecular complexity index is 290. The van der Waals surface area contributed by atoms with Crippen LogP contribution in [0.1, 0.15) is 19.7 Å². The van der Waals surface area contributed by atoms with Crippen LogP contribution in [0.3, 0.4) is 0 Å². The largest absolute Gasteiger partial charge is 0.349 e. The molecule has 6 nitrogen and oxygen atoms in total. The number of hydrogen-bond donors (Lipinski definition) is 1. The molecule has 15 heavy (non-hydrogen) atoms. The first-order valence-electron chi connectivity index (χ1n) is 4.92. The number of rotatable bonds is 3. The summed E-state index contributed by atoms with van der Waals surface area (Å²) in [5.41, 5.74) is 0. The summed E-state index contributed by atoms with van der Waals surface area (Å²) < 4.78 is 15.6. The number of nitrogens with zero attached hydrogens (tertiary/aromatic N) is 2. The molecule has 0 amide bonds. The maximum atomic E-state index is 5.50. The van der Waals surface area contributed by atoms with E-state index in [1.54, 1.807) is 0 Å². The van der Waals surface area contributed by atoms with Gasteiger partial charge in [0.15, 0.2) is 11.6 Å². The molecule has 0 bridgehead atoms. The third-order valence-corrected chi connectivity index (χ3v) is 2.22. The molecule has 0 atom stereocenters. The summed E-state index contributed by atoms with van der Waals surface area (Å²) in [4.78, 5) is 3.91. The van der Waals surface area contributed by atoms with E-state index >= 15 is 0 Å². The molecule has 1 aromatic rings. The monoisotopic (exact) mass is 213 g/mol. The molecule has 1 aliphatic rings. The highest BCUT2D eigenvalue weighted by Crippen LogP contribution is 2.16. The molecule has 0 aromatic carbocycles. The Kier molecular flexibility index (Phi) is 2.99. The van der Waals surface area contributed by atoms with Crippen molar-refractivity contribution < 1.29 is 14.0 Å². The van der Waals surface area contributed by atoms with Crippen LogP contribution < -0.4 is 5.32 Å². The van der Waals surface area contributed by atoms with E-state index in [9.17, 15) is 0 Å². The summed E-state index contributed by atoms with van der Waals surface area (Å²) in [7, 11) is 0. The second-order valence-electron chi connectivity index (χ2n) is 3.95. The third-order valence-electron chi connectivity index (χ3n) is 2.22. The van der Waals surface area contributed by atoms with Gasteiger partial charge in [-0.15, -0.1) is 0 Å². The fourth-order valence-corrected chi connectivity index (χ4v) is 1.32. The first-order chi connectivity index (χ1) is 7.16. The average Bonchev–Trinajstić information content (AvgIpc) is 2.69. The molecule has 2 rings (SSSR count). The summed E-state index contributed by atoms with van der Waals surface area (Å²) >= 11 is 0. The Morgan fingerprint density at radius 3 is 2.80 bits per heavy atom. The predicted molar refractivity (Wildman–Crippen MR) is 50.9 cm³/mol. The minimum atomic E-state index is -0.468. The summed E-state index contributed by atoms with van der Waals surface area (Å²) in [6, 6.07) is 0.177. The average molecular weight is 213 g/mol. The van der Waals surface area contributed by atoms with Crippen LogP contribution in [0.15, 0.2) is 10.9 Å². The maximum absolute atomic E-state index is 5.50. The highest BCUT2D eigenvalue weighted by atomic mass is 16.7. The Morgan fingerprint density at radius 2 is 2.20 bits per heavy atom. The quantitative estimate of drug-likeness (QED) is 0.779. The van der Waals surface area contributed by atoms with Crippen LogP contribution in [0, 0.1) is 0 Å². The van der Waals surface area contributed by atoms with E-state index in [0.29, 0.717) is 25.6 Å². The smallest absolute Gasteiger partial charge is 0.213 e. The van der Waals surface area contributed by atoms with Crippen molar-refractivity contribution in [2.75, 3.05) is 13.2 Å². The van der Waals surface area contributed by atoms with Gasteiger partial charge >= 0.3 is 0 Å². The molecule has 0 spiro atoms. The van der Waals surface area contributed by atoms with Crippen LogP contribution in [-0.4, -0.2) is 35.2 Å². The SMILES string of the molecule is CC1(C)OCC(NCc2ncon2)CO1. The molecule has 2 heterocycles. The lowest BCUT2D eigenvalue weighted by molar-refractivity contribution is -0.253. The van der Waals surface area contributed by atoms with Gasteiger partial charge in [0.2, 0.25) is 6.39 Å². The summed E-state index contributed by atoms with van der Waals surface area (Å²) in [5.74, 6) is 0.171. The lowest BCUT2D eigenvalue weighted by Crippen LogP contribution is -2.48. The number of aromatic nitrogens is 2. The second-order valence-corrected chi connectivity index (χ2v) is 3.95. The lowest BCUT2D eigenvalue weighted by Gasteiger charge is -2.35. The number of hydrogen-bond acceptors (Lipinski definition) is 6. The van der Waals surface area contributed by atoms with Gasteiger partial charge < -0.3 is 19.3 Å². The van der Waals surface area contributed by atoms with Crippen LogP contribution in [-0.2, 0) is 16.0 Å².